The molecule has 0 aromatic heterocycles. The Bertz CT molecular complexity index is 454. The third kappa shape index (κ3) is 3.76. The number of carbonyl (C=O) groups is 3. The smallest absolute Gasteiger partial charge is 0.435 e. The van der Waals surface area contributed by atoms with Crippen molar-refractivity contribution in [1.82, 2.24) is 0 Å². The summed E-state index contributed by atoms with van der Waals surface area (Å²) in [6, 6.07) is -0.564. The molecule has 120 valence electrons. The first kappa shape index (κ1) is 18.0. The van der Waals surface area contributed by atoms with Gasteiger partial charge in [-0.25, -0.2) is 4.79 Å². The van der Waals surface area contributed by atoms with Crippen LogP contribution in [0.2, 0.25) is 0 Å². The Kier molecular flexibility index (Phi) is 5.43. The average Bonchev–Trinajstić information content (AvgIpc) is 2.69. The number of rotatable bonds is 3. The van der Waals surface area contributed by atoms with Gasteiger partial charge in [-0.05, 0) is 6.92 Å². The fourth-order valence-electron chi connectivity index (χ4n) is 2.58. The van der Waals surface area contributed by atoms with Gasteiger partial charge in [0.15, 0.2) is 5.12 Å². The minimum Gasteiger partial charge on any atom is -0.435 e. The minimum atomic E-state index is -4.74. The second kappa shape index (κ2) is 6.35. The quantitative estimate of drug-likeness (QED) is 0.807. The molecule has 1 saturated heterocycles. The van der Waals surface area contributed by atoms with E-state index in [2.05, 4.69) is 0 Å². The van der Waals surface area contributed by atoms with Crippen molar-refractivity contribution in [2.45, 2.75) is 50.6 Å². The maximum Gasteiger partial charge on any atom is 0.521 e. The number of hydrogen-bond acceptors (Lipinski definition) is 4. The zero-order valence-electron chi connectivity index (χ0n) is 11.6. The van der Waals surface area contributed by atoms with Crippen LogP contribution in [0.3, 0.4) is 0 Å². The van der Waals surface area contributed by atoms with Gasteiger partial charge in [0.25, 0.3) is 0 Å². The van der Waals surface area contributed by atoms with E-state index in [1.807, 2.05) is 0 Å². The van der Waals surface area contributed by atoms with E-state index in [0.717, 1.165) is 6.92 Å². The molecule has 1 fully saturated rings. The summed E-state index contributed by atoms with van der Waals surface area (Å²) in [5, 5.41) is 6.33. The predicted molar refractivity (Wildman–Crippen MR) is 69.6 cm³/mol. The molecule has 1 N–H and O–H groups in total. The fourth-order valence-corrected chi connectivity index (χ4v) is 3.34. The van der Waals surface area contributed by atoms with Crippen LogP contribution in [-0.4, -0.2) is 50.7 Å². The maximum atomic E-state index is 12.9. The number of alkyl halides is 3. The Morgan fingerprint density at radius 2 is 1.95 bits per heavy atom. The van der Waals surface area contributed by atoms with Crippen molar-refractivity contribution in [2.24, 2.45) is 0 Å². The van der Waals surface area contributed by atoms with Gasteiger partial charge < -0.3 is 5.11 Å². The van der Waals surface area contributed by atoms with Gasteiger partial charge in [0.2, 0.25) is 0 Å². The number of amides is 2. The van der Waals surface area contributed by atoms with E-state index in [9.17, 15) is 32.7 Å². The van der Waals surface area contributed by atoms with Crippen molar-refractivity contribution in [1.29, 1.82) is 0 Å². The van der Waals surface area contributed by atoms with Gasteiger partial charge in [0, 0.05) is 19.8 Å². The molecule has 0 bridgehead atoms. The number of carbonyl (C=O) groups excluding carboxylic acids is 2. The largest absolute Gasteiger partial charge is 0.521 e. The summed E-state index contributed by atoms with van der Waals surface area (Å²) < 4.78 is 37.6. The van der Waals surface area contributed by atoms with Crippen molar-refractivity contribution < 1.29 is 37.1 Å². The van der Waals surface area contributed by atoms with Crippen LogP contribution in [0.5, 0.6) is 0 Å². The van der Waals surface area contributed by atoms with Crippen molar-refractivity contribution in [3.8, 4) is 0 Å². The third-order valence-electron chi connectivity index (χ3n) is 3.70. The van der Waals surface area contributed by atoms with Gasteiger partial charge in [0.05, 0.1) is 13.0 Å². The highest BCUT2D eigenvalue weighted by Crippen LogP contribution is 2.36. The zero-order valence-corrected chi connectivity index (χ0v) is 12.5. The molecule has 1 aliphatic rings. The van der Waals surface area contributed by atoms with E-state index in [-0.39, 0.29) is 18.3 Å². The second-order valence-corrected chi connectivity index (χ2v) is 6.48. The highest BCUT2D eigenvalue weighted by molar-refractivity contribution is 8.14. The van der Waals surface area contributed by atoms with Crippen LogP contribution in [0.25, 0.3) is 0 Å². The zero-order chi connectivity index (χ0) is 16.4. The fraction of sp³-hybridized carbons (Fsp3) is 0.750. The summed E-state index contributed by atoms with van der Waals surface area (Å²) in [4.78, 5) is 34.6. The van der Waals surface area contributed by atoms with E-state index in [1.54, 1.807) is 6.92 Å². The summed E-state index contributed by atoms with van der Waals surface area (Å²) >= 11 is 0.0176. The van der Waals surface area contributed by atoms with Crippen LogP contribution in [0.4, 0.5) is 18.0 Å². The van der Waals surface area contributed by atoms with E-state index in [0.29, 0.717) is 12.8 Å². The molecule has 1 rings (SSSR count). The lowest BCUT2D eigenvalue weighted by Crippen LogP contribution is -2.59. The molecule has 0 aromatic rings. The van der Waals surface area contributed by atoms with Crippen LogP contribution in [-0.2, 0) is 9.59 Å². The van der Waals surface area contributed by atoms with Gasteiger partial charge in [-0.3, -0.25) is 4.79 Å². The first-order chi connectivity index (χ1) is 9.51. The standard InChI is InChI=1S/C12H16F3NO4S/c1-7-4-3-5-16(7,11(19)20)10(18)6-9(12(13,14)15)21-8(2)17/h7,9H,3-6H2,1-2H3/p+1/t7-,9?,16?/m1/s1. The number of carboxylic acid groups (broad SMARTS) is 1. The molecular weight excluding hydrogens is 311 g/mol. The maximum absolute atomic E-state index is 12.9. The normalized spacial score (nSPS) is 27.4. The number of thioether (sulfide) groups is 1. The summed E-state index contributed by atoms with van der Waals surface area (Å²) in [7, 11) is 0. The number of imide groups is 1. The van der Waals surface area contributed by atoms with E-state index in [4.69, 9.17) is 0 Å². The number of nitrogens with zero attached hydrogens (tertiary/aromatic N) is 1. The molecule has 0 saturated carbocycles. The number of halogens is 3. The summed E-state index contributed by atoms with van der Waals surface area (Å²) in [6.07, 6.45) is -6.25. The molecule has 0 aliphatic carbocycles. The summed E-state index contributed by atoms with van der Waals surface area (Å²) in [5.74, 6) is -0.997. The Balaban J connectivity index is 2.99. The van der Waals surface area contributed by atoms with Gasteiger partial charge in [0.1, 0.15) is 11.3 Å². The molecule has 5 nitrogen and oxygen atoms in total. The first-order valence-electron chi connectivity index (χ1n) is 6.40. The number of quaternary nitrogens is 1. The average molecular weight is 328 g/mol. The van der Waals surface area contributed by atoms with Crippen LogP contribution in [0.1, 0.15) is 33.1 Å². The monoisotopic (exact) mass is 328 g/mol. The molecule has 0 aromatic carbocycles. The lowest BCUT2D eigenvalue weighted by atomic mass is 10.2. The Hall–Kier alpha value is -1.09. The van der Waals surface area contributed by atoms with Crippen LogP contribution < -0.4 is 0 Å². The molecular formula is C12H17F3NO4S+. The van der Waals surface area contributed by atoms with E-state index >= 15 is 0 Å². The van der Waals surface area contributed by atoms with Crippen LogP contribution in [0.15, 0.2) is 0 Å². The molecule has 2 unspecified atom stereocenters. The summed E-state index contributed by atoms with van der Waals surface area (Å²) in [5.41, 5.74) is 0. The molecule has 3 atom stereocenters. The first-order valence-corrected chi connectivity index (χ1v) is 7.28. The lowest BCUT2D eigenvalue weighted by Gasteiger charge is -2.31. The Morgan fingerprint density at radius 3 is 2.29 bits per heavy atom. The highest BCUT2D eigenvalue weighted by Gasteiger charge is 2.55. The second-order valence-electron chi connectivity index (χ2n) is 5.10. The molecule has 21 heavy (non-hydrogen) atoms. The topological polar surface area (TPSA) is 71.4 Å². The summed E-state index contributed by atoms with van der Waals surface area (Å²) in [6.45, 7) is 2.51. The predicted octanol–water partition coefficient (Wildman–Crippen LogP) is 2.79. The van der Waals surface area contributed by atoms with Crippen molar-refractivity contribution >= 4 is 28.9 Å². The molecule has 2 amide bonds. The van der Waals surface area contributed by atoms with Gasteiger partial charge in [-0.2, -0.15) is 22.4 Å². The number of hydrogen-bond donors (Lipinski definition) is 1. The third-order valence-corrected chi connectivity index (χ3v) is 4.76. The molecule has 0 radical (unpaired) electrons. The van der Waals surface area contributed by atoms with Gasteiger partial charge in [-0.1, -0.05) is 11.8 Å². The number of likely N-dealkylation sites (tertiary alicyclic amines) is 1. The van der Waals surface area contributed by atoms with Gasteiger partial charge in [-0.15, -0.1) is 0 Å². The van der Waals surface area contributed by atoms with Crippen molar-refractivity contribution in [3.05, 3.63) is 0 Å². The van der Waals surface area contributed by atoms with Crippen LogP contribution in [0, 0.1) is 0 Å². The Labute approximate surface area is 124 Å². The van der Waals surface area contributed by atoms with Crippen molar-refractivity contribution in [2.75, 3.05) is 6.54 Å². The molecule has 1 aliphatic heterocycles. The van der Waals surface area contributed by atoms with E-state index < -0.39 is 45.5 Å². The van der Waals surface area contributed by atoms with Crippen LogP contribution >= 0.6 is 11.8 Å². The minimum absolute atomic E-state index is 0.00928. The Morgan fingerprint density at radius 1 is 1.38 bits per heavy atom. The molecule has 0 spiro atoms. The van der Waals surface area contributed by atoms with Crippen molar-refractivity contribution in [3.63, 3.8) is 0 Å². The molecule has 1 heterocycles. The SMILES string of the molecule is CC(=O)SC(CC(=O)[N+]1(C(=O)O)CCC[C@H]1C)C(F)(F)F. The van der Waals surface area contributed by atoms with E-state index in [1.165, 1.54) is 0 Å². The van der Waals surface area contributed by atoms with Gasteiger partial charge >= 0.3 is 18.2 Å². The molecule has 9 heteroatoms. The highest BCUT2D eigenvalue weighted by atomic mass is 32.2. The lowest BCUT2D eigenvalue weighted by molar-refractivity contribution is -0.792.